The molecule has 0 saturated carbocycles. The highest BCUT2D eigenvalue weighted by Gasteiger charge is 2.37. The fourth-order valence-corrected chi connectivity index (χ4v) is 1.06. The van der Waals surface area contributed by atoms with Crippen LogP contribution in [0.15, 0.2) is 12.4 Å². The van der Waals surface area contributed by atoms with E-state index in [0.29, 0.717) is 5.82 Å². The van der Waals surface area contributed by atoms with Gasteiger partial charge in [-0.1, -0.05) is 0 Å². The quantitative estimate of drug-likeness (QED) is 0.623. The van der Waals surface area contributed by atoms with Crippen LogP contribution < -0.4 is 0 Å². The van der Waals surface area contributed by atoms with Crippen LogP contribution in [0.25, 0.3) is 0 Å². The highest BCUT2D eigenvalue weighted by atomic mass is 16.4. The van der Waals surface area contributed by atoms with Gasteiger partial charge in [-0.2, -0.15) is 0 Å². The smallest absolute Gasteiger partial charge is 0.333 e. The highest BCUT2D eigenvalue weighted by Crippen LogP contribution is 2.23. The first-order chi connectivity index (χ1) is 5.96. The van der Waals surface area contributed by atoms with Crippen LogP contribution in [0.5, 0.6) is 0 Å². The summed E-state index contributed by atoms with van der Waals surface area (Å²) in [6.07, 6.45) is 1.65. The Hall–Kier alpha value is -1.36. The van der Waals surface area contributed by atoms with E-state index < -0.39 is 17.5 Å². The molecule has 0 fully saturated rings. The molecule has 5 heteroatoms. The fraction of sp³-hybridized carbons (Fsp3) is 0.500. The van der Waals surface area contributed by atoms with Gasteiger partial charge >= 0.3 is 5.97 Å². The molecule has 5 nitrogen and oxygen atoms in total. The second-order valence-electron chi connectivity index (χ2n) is 3.40. The largest absolute Gasteiger partial charge is 0.479 e. The summed E-state index contributed by atoms with van der Waals surface area (Å²) >= 11 is 0. The minimum absolute atomic E-state index is 0.461. The minimum Gasteiger partial charge on any atom is -0.479 e. The zero-order valence-corrected chi connectivity index (χ0v) is 7.48. The van der Waals surface area contributed by atoms with E-state index in [1.165, 1.54) is 6.20 Å². The van der Waals surface area contributed by atoms with Gasteiger partial charge in [0.05, 0.1) is 5.41 Å². The molecule has 72 valence electrons. The van der Waals surface area contributed by atoms with E-state index in [1.807, 2.05) is 0 Å². The molecule has 1 unspecified atom stereocenters. The lowest BCUT2D eigenvalue weighted by atomic mass is 9.86. The number of H-pyrrole nitrogens is 1. The number of rotatable bonds is 3. The lowest BCUT2D eigenvalue weighted by Gasteiger charge is -2.24. The maximum absolute atomic E-state index is 10.5. The Morgan fingerprint density at radius 3 is 2.69 bits per heavy atom. The molecule has 0 saturated heterocycles. The monoisotopic (exact) mass is 184 g/mol. The van der Waals surface area contributed by atoms with Crippen molar-refractivity contribution < 1.29 is 15.0 Å². The molecule has 0 aliphatic heterocycles. The van der Waals surface area contributed by atoms with Crippen molar-refractivity contribution in [2.24, 2.45) is 0 Å². The summed E-state index contributed by atoms with van der Waals surface area (Å²) in [4.78, 5) is 17.2. The van der Waals surface area contributed by atoms with E-state index in [0.717, 1.165) is 0 Å². The molecule has 3 N–H and O–H groups in total. The first-order valence-electron chi connectivity index (χ1n) is 3.87. The van der Waals surface area contributed by atoms with E-state index in [-0.39, 0.29) is 0 Å². The van der Waals surface area contributed by atoms with E-state index in [2.05, 4.69) is 9.97 Å². The van der Waals surface area contributed by atoms with Crippen molar-refractivity contribution >= 4 is 5.97 Å². The Kier molecular flexibility index (Phi) is 2.38. The van der Waals surface area contributed by atoms with Gasteiger partial charge in [0.2, 0.25) is 0 Å². The van der Waals surface area contributed by atoms with E-state index >= 15 is 0 Å². The number of nitrogens with zero attached hydrogens (tertiary/aromatic N) is 1. The van der Waals surface area contributed by atoms with Crippen molar-refractivity contribution in [2.75, 3.05) is 0 Å². The average molecular weight is 184 g/mol. The average Bonchev–Trinajstić information content (AvgIpc) is 2.54. The van der Waals surface area contributed by atoms with Gasteiger partial charge in [-0.15, -0.1) is 0 Å². The number of nitrogens with one attached hydrogen (secondary N) is 1. The second kappa shape index (κ2) is 3.18. The SMILES string of the molecule is CC(C)(c1ncc[nH]1)C(O)C(=O)O. The van der Waals surface area contributed by atoms with Crippen LogP contribution in [-0.4, -0.2) is 32.3 Å². The first kappa shape index (κ1) is 9.73. The number of carboxylic acids is 1. The van der Waals surface area contributed by atoms with Crippen LogP contribution in [0, 0.1) is 0 Å². The van der Waals surface area contributed by atoms with Gasteiger partial charge in [0.25, 0.3) is 0 Å². The molecule has 1 atom stereocenters. The molecule has 13 heavy (non-hydrogen) atoms. The molecule has 0 aromatic carbocycles. The zero-order chi connectivity index (χ0) is 10.1. The number of imidazole rings is 1. The number of hydrogen-bond donors (Lipinski definition) is 3. The third-order valence-electron chi connectivity index (χ3n) is 2.03. The third kappa shape index (κ3) is 1.70. The second-order valence-corrected chi connectivity index (χ2v) is 3.40. The summed E-state index contributed by atoms with van der Waals surface area (Å²) in [5.41, 5.74) is -0.907. The van der Waals surface area contributed by atoms with Gasteiger partial charge in [-0.25, -0.2) is 9.78 Å². The van der Waals surface area contributed by atoms with Crippen LogP contribution in [0.1, 0.15) is 19.7 Å². The van der Waals surface area contributed by atoms with E-state index in [9.17, 15) is 9.90 Å². The van der Waals surface area contributed by atoms with Crippen molar-refractivity contribution in [3.05, 3.63) is 18.2 Å². The van der Waals surface area contributed by atoms with Crippen LogP contribution in [0.2, 0.25) is 0 Å². The van der Waals surface area contributed by atoms with E-state index in [4.69, 9.17) is 5.11 Å². The van der Waals surface area contributed by atoms with Crippen molar-refractivity contribution in [1.29, 1.82) is 0 Å². The molecule has 0 aliphatic carbocycles. The van der Waals surface area contributed by atoms with Crippen molar-refractivity contribution in [3.63, 3.8) is 0 Å². The van der Waals surface area contributed by atoms with Crippen LogP contribution in [0.4, 0.5) is 0 Å². The normalized spacial score (nSPS) is 14.1. The molecule has 0 aliphatic rings. The molecule has 1 heterocycles. The molecular weight excluding hydrogens is 172 g/mol. The maximum Gasteiger partial charge on any atom is 0.333 e. The summed E-state index contributed by atoms with van der Waals surface area (Å²) in [6, 6.07) is 0. The number of hydrogen-bond acceptors (Lipinski definition) is 3. The number of aromatic nitrogens is 2. The topological polar surface area (TPSA) is 86.2 Å². The third-order valence-corrected chi connectivity index (χ3v) is 2.03. The summed E-state index contributed by atoms with van der Waals surface area (Å²) in [5.74, 6) is -0.788. The number of carboxylic acid groups (broad SMARTS) is 1. The van der Waals surface area contributed by atoms with Crippen molar-refractivity contribution in [2.45, 2.75) is 25.4 Å². The lowest BCUT2D eigenvalue weighted by molar-refractivity contribution is -0.150. The molecule has 1 rings (SSSR count). The summed E-state index contributed by atoms with van der Waals surface area (Å²) in [6.45, 7) is 3.23. The molecule has 0 spiro atoms. The van der Waals surface area contributed by atoms with Gasteiger partial charge < -0.3 is 15.2 Å². The Morgan fingerprint density at radius 1 is 1.69 bits per heavy atom. The van der Waals surface area contributed by atoms with Gasteiger partial charge in [0.15, 0.2) is 6.10 Å². The maximum atomic E-state index is 10.5. The Balaban J connectivity index is 2.95. The van der Waals surface area contributed by atoms with Gasteiger partial charge in [-0.3, -0.25) is 0 Å². The summed E-state index contributed by atoms with van der Waals surface area (Å²) in [7, 11) is 0. The molecule has 0 radical (unpaired) electrons. The Labute approximate surface area is 75.4 Å². The number of carbonyl (C=O) groups is 1. The summed E-state index contributed by atoms with van der Waals surface area (Å²) in [5, 5.41) is 18.0. The predicted octanol–water partition coefficient (Wildman–Crippen LogP) is 0.133. The van der Waals surface area contributed by atoms with Crippen LogP contribution in [0.3, 0.4) is 0 Å². The Bertz CT molecular complexity index is 292. The standard InChI is InChI=1S/C8H12N2O3/c1-8(2,5(11)6(12)13)7-9-3-4-10-7/h3-5,11H,1-2H3,(H,9,10)(H,12,13). The highest BCUT2D eigenvalue weighted by molar-refractivity contribution is 5.74. The number of aliphatic hydroxyl groups is 1. The van der Waals surface area contributed by atoms with Crippen molar-refractivity contribution in [1.82, 2.24) is 9.97 Å². The molecule has 0 bridgehead atoms. The van der Waals surface area contributed by atoms with Crippen LogP contribution >= 0.6 is 0 Å². The lowest BCUT2D eigenvalue weighted by Crippen LogP contribution is -2.40. The number of aliphatic hydroxyl groups excluding tert-OH is 1. The van der Waals surface area contributed by atoms with E-state index in [1.54, 1.807) is 20.0 Å². The molecule has 1 aromatic heterocycles. The van der Waals surface area contributed by atoms with Gasteiger partial charge in [0.1, 0.15) is 5.82 Å². The fourth-order valence-electron chi connectivity index (χ4n) is 1.06. The summed E-state index contributed by atoms with van der Waals surface area (Å²) < 4.78 is 0. The minimum atomic E-state index is -1.46. The molecule has 0 amide bonds. The Morgan fingerprint density at radius 2 is 2.31 bits per heavy atom. The molecular formula is C8H12N2O3. The van der Waals surface area contributed by atoms with Crippen molar-refractivity contribution in [3.8, 4) is 0 Å². The van der Waals surface area contributed by atoms with Crippen LogP contribution in [-0.2, 0) is 10.2 Å². The first-order valence-corrected chi connectivity index (χ1v) is 3.87. The number of aliphatic carboxylic acids is 1. The zero-order valence-electron chi connectivity index (χ0n) is 7.48. The predicted molar refractivity (Wildman–Crippen MR) is 45.3 cm³/mol. The molecule has 1 aromatic rings. The van der Waals surface area contributed by atoms with Gasteiger partial charge in [0, 0.05) is 12.4 Å². The number of aromatic amines is 1. The van der Waals surface area contributed by atoms with Gasteiger partial charge in [-0.05, 0) is 13.8 Å².